The third-order valence-corrected chi connectivity index (χ3v) is 25.6. The molecule has 0 aliphatic carbocycles. The van der Waals surface area contributed by atoms with Crippen LogP contribution in [0.1, 0.15) is 472 Å². The maximum atomic E-state index is 15.2. The number of nitrogens with one attached hydrogen (secondary N) is 2. The SMILES string of the molecule is CCCCCCCCCCCCCC(=O)O[C@@H](CCCCCCCCCCC)CC(=O)OC1C(NC(=O)C[C@H](CCCCCCCCCCC)OC(=O)C(O)CCCCCCCCCCCC)C(OCC2OC(OP(C)(=O)O)C(NC(=O)C[C@@H](O)CCCCCCCCCCC)C(OC(=O)C[C@@H](O)CCCCCCCCCCC)C2O)OC(CO)C1OP(=O)(O)O. The largest absolute Gasteiger partial charge is 0.470 e. The summed E-state index contributed by atoms with van der Waals surface area (Å²) in [6.45, 7) is 11.8. The molecule has 29 heteroatoms. The number of rotatable bonds is 86. The Morgan fingerprint density at radius 3 is 1.07 bits per heavy atom. The number of hydrogen-bond donors (Lipinski definition) is 10. The lowest BCUT2D eigenvalue weighted by Gasteiger charge is -2.47. The Bertz CT molecular complexity index is 2790. The molecule has 10 N–H and O–H groups in total. The van der Waals surface area contributed by atoms with Gasteiger partial charge >= 0.3 is 39.3 Å². The Hall–Kier alpha value is -3.24. The minimum atomic E-state index is -5.70. The Kier molecular flexibility index (Phi) is 72.7. The lowest BCUT2D eigenvalue weighted by Crippen LogP contribution is -2.68. The average molecular weight is 1840 g/mol. The van der Waals surface area contributed by atoms with E-state index in [-0.39, 0.29) is 38.5 Å². The number of hydrogen-bond acceptors (Lipinski definition) is 22. The van der Waals surface area contributed by atoms with Crippen LogP contribution in [-0.4, -0.2) is 188 Å². The van der Waals surface area contributed by atoms with Crippen molar-refractivity contribution < 1.29 is 120 Å². The van der Waals surface area contributed by atoms with Crippen LogP contribution in [0.5, 0.6) is 0 Å². The number of aliphatic hydroxyl groups excluding tert-OH is 5. The first-order chi connectivity index (χ1) is 60.7. The number of unbranched alkanes of at least 4 members (excludes halogenated alkanes) is 51. The minimum absolute atomic E-state index is 0.0756. The third kappa shape index (κ3) is 62.3. The summed E-state index contributed by atoms with van der Waals surface area (Å²) in [5, 5.41) is 63.1. The Morgan fingerprint density at radius 1 is 0.357 bits per heavy atom. The van der Waals surface area contributed by atoms with E-state index in [0.29, 0.717) is 44.9 Å². The highest BCUT2D eigenvalue weighted by atomic mass is 31.2. The third-order valence-electron chi connectivity index (χ3n) is 24.5. The van der Waals surface area contributed by atoms with E-state index in [9.17, 15) is 68.5 Å². The standard InChI is InChI=1S/C97H184N2O25P2/c1-8-14-20-26-32-38-40-46-52-58-64-70-86(106)117-80(68-62-56-50-44-37-31-25-19-13-6)74-88(108)122-94-90(99-85(105)73-79(67-61-55-49-43-36-30-24-18-12-5)118-95(110)81(103)69-63-57-51-45-39-33-27-21-15-9-2)96(119-82(75-100)92(94)123-126(113,114)115)116-76-83-91(109)93(121-87(107)72-78(102)66-60-54-48-42-35-29-23-17-11-4)89(97(120-83)124-125(7,111)112)98-84(104)71-77(101)65-59-53-47-41-34-28-22-16-10-3/h77-83,89-94,96-97,100-103,109H,8-76H2,1-7H3,(H,98,104)(H,99,105)(H,111,112)(H2,113,114,115)/t77-,78-,79-,80-,81?,82?,83?,89?,90?,91?,92?,93?,94?,96?,97?/m0/s1. The number of phosphoric acid groups is 1. The van der Waals surface area contributed by atoms with Crippen molar-refractivity contribution in [3.8, 4) is 0 Å². The summed E-state index contributed by atoms with van der Waals surface area (Å²) >= 11 is 0. The van der Waals surface area contributed by atoms with Gasteiger partial charge in [0.15, 0.2) is 30.9 Å². The van der Waals surface area contributed by atoms with Crippen LogP contribution in [0.2, 0.25) is 0 Å². The molecular formula is C97H184N2O25P2. The molecule has 742 valence electrons. The predicted molar refractivity (Wildman–Crippen MR) is 495 cm³/mol. The van der Waals surface area contributed by atoms with Gasteiger partial charge in [-0.3, -0.25) is 37.6 Å². The van der Waals surface area contributed by atoms with Crippen molar-refractivity contribution in [3.05, 3.63) is 0 Å². The number of esters is 4. The zero-order valence-corrected chi connectivity index (χ0v) is 81.7. The molecule has 0 bridgehead atoms. The number of ether oxygens (including phenoxy) is 7. The number of carbonyl (C=O) groups is 6. The fraction of sp³-hybridized carbons (Fsp3) is 0.938. The van der Waals surface area contributed by atoms with Crippen molar-refractivity contribution in [1.82, 2.24) is 10.6 Å². The van der Waals surface area contributed by atoms with Crippen LogP contribution in [0, 0.1) is 0 Å². The van der Waals surface area contributed by atoms with Crippen molar-refractivity contribution in [2.75, 3.05) is 19.9 Å². The molecule has 2 aliphatic heterocycles. The van der Waals surface area contributed by atoms with E-state index >= 15 is 9.59 Å². The first kappa shape index (κ1) is 119. The zero-order valence-electron chi connectivity index (χ0n) is 79.9. The summed E-state index contributed by atoms with van der Waals surface area (Å²) in [5.41, 5.74) is 0. The number of carbonyl (C=O) groups excluding carboxylic acids is 6. The lowest BCUT2D eigenvalue weighted by atomic mass is 9.95. The Morgan fingerprint density at radius 2 is 0.683 bits per heavy atom. The average Bonchev–Trinajstić information content (AvgIpc) is 0.758. The first-order valence-electron chi connectivity index (χ1n) is 51.1. The molecule has 2 fully saturated rings. The molecule has 2 rings (SSSR count). The van der Waals surface area contributed by atoms with E-state index in [1.807, 2.05) is 0 Å². The number of amides is 2. The molecule has 0 aromatic rings. The summed E-state index contributed by atoms with van der Waals surface area (Å²) in [7, 11) is -10.4. The van der Waals surface area contributed by atoms with Crippen LogP contribution in [0.3, 0.4) is 0 Å². The van der Waals surface area contributed by atoms with Gasteiger partial charge in [0.05, 0.1) is 51.1 Å². The van der Waals surface area contributed by atoms with Crippen molar-refractivity contribution in [1.29, 1.82) is 0 Å². The molecular weight excluding hydrogens is 1660 g/mol. The van der Waals surface area contributed by atoms with Gasteiger partial charge in [-0.2, -0.15) is 0 Å². The van der Waals surface area contributed by atoms with E-state index in [4.69, 9.17) is 42.2 Å². The van der Waals surface area contributed by atoms with Crippen LogP contribution in [-0.2, 0) is 80.1 Å². The van der Waals surface area contributed by atoms with Gasteiger partial charge in [-0.1, -0.05) is 388 Å². The second-order valence-corrected chi connectivity index (χ2v) is 39.7. The van der Waals surface area contributed by atoms with Crippen molar-refractivity contribution in [2.45, 2.75) is 564 Å². The van der Waals surface area contributed by atoms with E-state index in [1.165, 1.54) is 83.5 Å². The van der Waals surface area contributed by atoms with Gasteiger partial charge in [-0.15, -0.1) is 0 Å². The molecule has 2 saturated heterocycles. The van der Waals surface area contributed by atoms with Gasteiger partial charge in [-0.05, 0) is 51.4 Å². The van der Waals surface area contributed by atoms with Gasteiger partial charge in [0, 0.05) is 13.1 Å². The summed E-state index contributed by atoms with van der Waals surface area (Å²) in [5.74, 6) is -5.41. The normalized spacial score (nSPS) is 20.8. The molecule has 27 nitrogen and oxygen atoms in total. The lowest BCUT2D eigenvalue weighted by molar-refractivity contribution is -0.296. The molecule has 0 aromatic heterocycles. The molecule has 0 aromatic carbocycles. The Balaban J connectivity index is 2.86. The predicted octanol–water partition coefficient (Wildman–Crippen LogP) is 21.1. The van der Waals surface area contributed by atoms with E-state index in [0.717, 1.165) is 244 Å². The van der Waals surface area contributed by atoms with E-state index < -0.39 is 182 Å². The van der Waals surface area contributed by atoms with E-state index in [2.05, 4.69) is 52.2 Å². The maximum absolute atomic E-state index is 15.2. The van der Waals surface area contributed by atoms with Gasteiger partial charge in [0.1, 0.15) is 48.7 Å². The second kappa shape index (κ2) is 77.1. The van der Waals surface area contributed by atoms with Crippen LogP contribution >= 0.6 is 15.4 Å². The van der Waals surface area contributed by atoms with Gasteiger partial charge in [0.2, 0.25) is 11.8 Å². The topological polar surface area (TPSA) is 406 Å². The monoisotopic (exact) mass is 1840 g/mol. The first-order valence-corrected chi connectivity index (χ1v) is 54.6. The summed E-state index contributed by atoms with van der Waals surface area (Å²) in [4.78, 5) is 119. The fourth-order valence-corrected chi connectivity index (χ4v) is 18.1. The number of aliphatic hydroxyl groups is 5. The van der Waals surface area contributed by atoms with Crippen molar-refractivity contribution in [3.63, 3.8) is 0 Å². The highest BCUT2D eigenvalue weighted by Crippen LogP contribution is 2.44. The fourth-order valence-electron chi connectivity index (χ4n) is 17.0. The molecule has 0 saturated carbocycles. The van der Waals surface area contributed by atoms with Crippen LogP contribution in [0.4, 0.5) is 0 Å². The quantitative estimate of drug-likeness (QED) is 0.0117. The van der Waals surface area contributed by atoms with Crippen LogP contribution in [0.25, 0.3) is 0 Å². The molecule has 0 spiro atoms. The van der Waals surface area contributed by atoms with Crippen molar-refractivity contribution in [2.24, 2.45) is 0 Å². The number of phosphoric ester groups is 1. The van der Waals surface area contributed by atoms with Crippen LogP contribution < -0.4 is 10.6 Å². The van der Waals surface area contributed by atoms with Crippen LogP contribution in [0.15, 0.2) is 0 Å². The van der Waals surface area contributed by atoms with Gasteiger partial charge in [0.25, 0.3) is 0 Å². The highest BCUT2D eigenvalue weighted by molar-refractivity contribution is 7.51. The highest BCUT2D eigenvalue weighted by Gasteiger charge is 2.55. The van der Waals surface area contributed by atoms with Crippen molar-refractivity contribution >= 4 is 51.1 Å². The summed E-state index contributed by atoms with van der Waals surface area (Å²) in [6.07, 6.45) is 33.9. The molecule has 12 unspecified atom stereocenters. The molecule has 2 aliphatic rings. The molecule has 16 atom stereocenters. The second-order valence-electron chi connectivity index (χ2n) is 36.7. The van der Waals surface area contributed by atoms with Gasteiger partial charge < -0.3 is 84.0 Å². The Labute approximate surface area is 761 Å². The molecule has 2 heterocycles. The molecule has 126 heavy (non-hydrogen) atoms. The molecule has 0 radical (unpaired) electrons. The summed E-state index contributed by atoms with van der Waals surface area (Å²) in [6, 6.07) is -3.73. The smallest absolute Gasteiger partial charge is 0.462 e. The minimum Gasteiger partial charge on any atom is -0.462 e. The van der Waals surface area contributed by atoms with Gasteiger partial charge in [-0.25, -0.2) is 9.36 Å². The zero-order chi connectivity index (χ0) is 92.7. The molecule has 2 amide bonds. The summed E-state index contributed by atoms with van der Waals surface area (Å²) < 4.78 is 81.3. The maximum Gasteiger partial charge on any atom is 0.470 e. The van der Waals surface area contributed by atoms with E-state index in [1.54, 1.807) is 0 Å².